The highest BCUT2D eigenvalue weighted by Gasteiger charge is 2.42. The molecule has 0 unspecified atom stereocenters. The van der Waals surface area contributed by atoms with Gasteiger partial charge in [0, 0.05) is 80.7 Å². The number of halogens is 3. The van der Waals surface area contributed by atoms with E-state index in [-0.39, 0.29) is 35.5 Å². The summed E-state index contributed by atoms with van der Waals surface area (Å²) in [5.41, 5.74) is 1.72. The molecule has 0 bridgehead atoms. The summed E-state index contributed by atoms with van der Waals surface area (Å²) in [4.78, 5) is 42.4. The molecule has 2 amide bonds. The second kappa shape index (κ2) is 13.1. The van der Waals surface area contributed by atoms with E-state index in [4.69, 9.17) is 4.74 Å². The molecule has 1 aliphatic heterocycles. The fourth-order valence-corrected chi connectivity index (χ4v) is 5.97. The fraction of sp³-hybridized carbons (Fsp3) is 0.438. The molecule has 1 atom stereocenters. The van der Waals surface area contributed by atoms with Crippen LogP contribution in [0.1, 0.15) is 55.0 Å². The van der Waals surface area contributed by atoms with Crippen LogP contribution in [-0.4, -0.2) is 84.5 Å². The molecule has 5 heterocycles. The number of fused-ring (bicyclic) bond motifs is 1. The predicted molar refractivity (Wildman–Crippen MR) is 163 cm³/mol. The Morgan fingerprint density at radius 3 is 2.48 bits per heavy atom. The highest BCUT2D eigenvalue weighted by molar-refractivity contribution is 5.93. The summed E-state index contributed by atoms with van der Waals surface area (Å²) in [6.07, 6.45) is 3.89. The van der Waals surface area contributed by atoms with Crippen LogP contribution in [0.25, 0.3) is 16.6 Å². The van der Waals surface area contributed by atoms with E-state index in [0.29, 0.717) is 63.5 Å². The van der Waals surface area contributed by atoms with Crippen LogP contribution < -0.4 is 5.32 Å². The molecule has 242 valence electrons. The topological polar surface area (TPSA) is 118 Å². The number of nitrogens with one attached hydrogen (secondary N) is 1. The molecule has 6 rings (SSSR count). The number of amides is 2. The number of piperazine rings is 1. The number of carbonyl (C=O) groups is 2. The molecule has 14 heteroatoms. The summed E-state index contributed by atoms with van der Waals surface area (Å²) in [6, 6.07) is 7.96. The summed E-state index contributed by atoms with van der Waals surface area (Å²) in [5, 5.41) is 7.45. The zero-order valence-corrected chi connectivity index (χ0v) is 25.6. The molecular weight excluding hydrogens is 601 g/mol. The van der Waals surface area contributed by atoms with Gasteiger partial charge in [-0.15, -0.1) is 0 Å². The van der Waals surface area contributed by atoms with E-state index in [1.807, 2.05) is 38.2 Å². The van der Waals surface area contributed by atoms with Gasteiger partial charge in [-0.05, 0) is 56.0 Å². The van der Waals surface area contributed by atoms with Crippen molar-refractivity contribution >= 4 is 23.1 Å². The molecule has 0 aromatic carbocycles. The van der Waals surface area contributed by atoms with Crippen molar-refractivity contribution in [3.8, 4) is 11.1 Å². The number of nitrogens with zero attached hydrogens (tertiary/aromatic N) is 7. The third-order valence-corrected chi connectivity index (χ3v) is 8.56. The first-order valence-corrected chi connectivity index (χ1v) is 15.4. The smallest absolute Gasteiger partial charge is 0.373 e. The molecular formula is C32H35F3N8O3. The lowest BCUT2D eigenvalue weighted by atomic mass is 9.78. The average molecular weight is 637 g/mol. The Kier molecular flexibility index (Phi) is 9.00. The SMILES string of the molecule is CCCOCc1ncc(-c2ccn3nc(NC(=O)C4CC(N5CCN(C(=O)c6ccc(C(F)(F)F)cn6)C[C@@H]5C)C4)cc3c2)cn1. The van der Waals surface area contributed by atoms with Crippen molar-refractivity contribution < 1.29 is 27.5 Å². The molecule has 11 nitrogen and oxygen atoms in total. The van der Waals surface area contributed by atoms with Gasteiger partial charge in [0.05, 0.1) is 11.1 Å². The molecule has 4 aromatic rings. The fourth-order valence-electron chi connectivity index (χ4n) is 5.97. The van der Waals surface area contributed by atoms with Crippen LogP contribution in [0.4, 0.5) is 19.0 Å². The molecule has 2 aliphatic rings. The lowest BCUT2D eigenvalue weighted by Crippen LogP contribution is -2.60. The van der Waals surface area contributed by atoms with Crippen LogP contribution in [-0.2, 0) is 22.3 Å². The summed E-state index contributed by atoms with van der Waals surface area (Å²) in [7, 11) is 0. The van der Waals surface area contributed by atoms with E-state index in [9.17, 15) is 22.8 Å². The van der Waals surface area contributed by atoms with E-state index in [1.54, 1.807) is 21.8 Å². The number of rotatable bonds is 9. The molecule has 2 fully saturated rings. The highest BCUT2D eigenvalue weighted by Crippen LogP contribution is 2.35. The molecule has 4 aromatic heterocycles. The number of ether oxygens (including phenoxy) is 1. The monoisotopic (exact) mass is 636 g/mol. The Morgan fingerprint density at radius 1 is 1.02 bits per heavy atom. The summed E-state index contributed by atoms with van der Waals surface area (Å²) >= 11 is 0. The van der Waals surface area contributed by atoms with E-state index in [0.717, 1.165) is 35.2 Å². The van der Waals surface area contributed by atoms with Gasteiger partial charge >= 0.3 is 6.18 Å². The molecule has 1 aliphatic carbocycles. The van der Waals surface area contributed by atoms with Crippen LogP contribution in [0.3, 0.4) is 0 Å². The predicted octanol–water partition coefficient (Wildman–Crippen LogP) is 4.70. The van der Waals surface area contributed by atoms with Crippen LogP contribution in [0.2, 0.25) is 0 Å². The number of anilines is 1. The Balaban J connectivity index is 0.991. The van der Waals surface area contributed by atoms with Gasteiger partial charge in [-0.3, -0.25) is 19.5 Å². The minimum Gasteiger partial charge on any atom is -0.373 e. The number of carbonyl (C=O) groups excluding carboxylic acids is 2. The molecule has 1 saturated carbocycles. The van der Waals surface area contributed by atoms with Gasteiger partial charge in [-0.25, -0.2) is 14.5 Å². The maximum Gasteiger partial charge on any atom is 0.417 e. The Bertz CT molecular complexity index is 1690. The van der Waals surface area contributed by atoms with Gasteiger partial charge in [0.1, 0.15) is 12.3 Å². The van der Waals surface area contributed by atoms with Crippen molar-refractivity contribution in [2.45, 2.75) is 58.0 Å². The number of aromatic nitrogens is 5. The Labute approximate surface area is 263 Å². The molecule has 1 saturated heterocycles. The maximum atomic E-state index is 13.0. The first kappa shape index (κ1) is 31.5. The molecule has 1 N–H and O–H groups in total. The lowest BCUT2D eigenvalue weighted by molar-refractivity contribution is -0.137. The van der Waals surface area contributed by atoms with E-state index >= 15 is 0 Å². The zero-order valence-electron chi connectivity index (χ0n) is 25.6. The van der Waals surface area contributed by atoms with Crippen LogP contribution in [0.15, 0.2) is 55.1 Å². The first-order chi connectivity index (χ1) is 22.1. The van der Waals surface area contributed by atoms with E-state index < -0.39 is 11.7 Å². The normalized spacial score (nSPS) is 20.5. The van der Waals surface area contributed by atoms with Crippen molar-refractivity contribution in [2.75, 3.05) is 31.6 Å². The van der Waals surface area contributed by atoms with Crippen molar-refractivity contribution in [3.05, 3.63) is 72.2 Å². The third-order valence-electron chi connectivity index (χ3n) is 8.56. The van der Waals surface area contributed by atoms with Gasteiger partial charge in [-0.2, -0.15) is 18.3 Å². The average Bonchev–Trinajstić information content (AvgIpc) is 3.42. The van der Waals surface area contributed by atoms with Crippen LogP contribution in [0.5, 0.6) is 0 Å². The summed E-state index contributed by atoms with van der Waals surface area (Å²) < 4.78 is 45.7. The lowest BCUT2D eigenvalue weighted by Gasteiger charge is -2.49. The van der Waals surface area contributed by atoms with Crippen LogP contribution >= 0.6 is 0 Å². The van der Waals surface area contributed by atoms with E-state index in [2.05, 4.69) is 30.3 Å². The second-order valence-corrected chi connectivity index (χ2v) is 11.8. The summed E-state index contributed by atoms with van der Waals surface area (Å²) in [6.45, 7) is 6.59. The quantitative estimate of drug-likeness (QED) is 0.263. The van der Waals surface area contributed by atoms with Gasteiger partial charge in [0.25, 0.3) is 5.91 Å². The molecule has 0 spiro atoms. The summed E-state index contributed by atoms with van der Waals surface area (Å²) in [5.74, 6) is 0.494. The first-order valence-electron chi connectivity index (χ1n) is 15.4. The maximum absolute atomic E-state index is 13.0. The number of alkyl halides is 3. The van der Waals surface area contributed by atoms with Crippen LogP contribution in [0, 0.1) is 5.92 Å². The minimum absolute atomic E-state index is 0.00595. The highest BCUT2D eigenvalue weighted by atomic mass is 19.4. The van der Waals surface area contributed by atoms with Crippen molar-refractivity contribution in [2.24, 2.45) is 5.92 Å². The third kappa shape index (κ3) is 6.87. The van der Waals surface area contributed by atoms with Gasteiger partial charge in [0.2, 0.25) is 5.91 Å². The van der Waals surface area contributed by atoms with Gasteiger partial charge in [0.15, 0.2) is 11.6 Å². The van der Waals surface area contributed by atoms with Crippen molar-refractivity contribution in [3.63, 3.8) is 0 Å². The Morgan fingerprint density at radius 2 is 1.80 bits per heavy atom. The number of hydrogen-bond donors (Lipinski definition) is 1. The van der Waals surface area contributed by atoms with E-state index in [1.165, 1.54) is 0 Å². The molecule has 0 radical (unpaired) electrons. The largest absolute Gasteiger partial charge is 0.417 e. The number of pyridine rings is 2. The van der Waals surface area contributed by atoms with Gasteiger partial charge in [-0.1, -0.05) is 6.92 Å². The number of hydrogen-bond acceptors (Lipinski definition) is 8. The standard InChI is InChI=1S/C32H35F3N8O3/c1-3-10-46-19-29-37-15-23(16-38-29)21-6-7-43-26(11-21)14-28(40-43)39-30(44)22-12-25(13-22)42-9-8-41(18-20(42)2)31(45)27-5-4-24(17-36-27)32(33,34)35/h4-7,11,14-17,20,22,25H,3,8-10,12-13,18-19H2,1-2H3,(H,39,40,44)/t20-,22?,25?/m0/s1. The molecule has 46 heavy (non-hydrogen) atoms. The van der Waals surface area contributed by atoms with Gasteiger partial charge < -0.3 is 15.0 Å². The Hall–Kier alpha value is -4.43. The minimum atomic E-state index is -4.50. The van der Waals surface area contributed by atoms with Crippen molar-refractivity contribution in [1.82, 2.24) is 34.4 Å². The second-order valence-electron chi connectivity index (χ2n) is 11.8. The van der Waals surface area contributed by atoms with Crippen molar-refractivity contribution in [1.29, 1.82) is 0 Å². The zero-order chi connectivity index (χ0) is 32.4.